The molecule has 2 heterocycles. The van der Waals surface area contributed by atoms with Gasteiger partial charge in [0.05, 0.1) is 12.3 Å². The minimum Gasteiger partial charge on any atom is -0.494 e. The smallest absolute Gasteiger partial charge is 0.255 e. The Morgan fingerprint density at radius 3 is 2.64 bits per heavy atom. The number of thiazole rings is 1. The van der Waals surface area contributed by atoms with Crippen molar-refractivity contribution in [2.45, 2.75) is 32.6 Å². The molecule has 4 aromatic rings. The topological polar surface area (TPSA) is 64.1 Å². The summed E-state index contributed by atoms with van der Waals surface area (Å²) in [6.45, 7) is 2.90. The fourth-order valence-electron chi connectivity index (χ4n) is 3.41. The SMILES string of the molecule is CCCCCCOc1ccc(C(=O)Nc2cccc(-c3csc(-c4cccnc4)n3)c2)cc1. The molecule has 2 aromatic carbocycles. The number of carbonyl (C=O) groups excluding carboxylic acids is 1. The van der Waals surface area contributed by atoms with E-state index in [1.165, 1.54) is 19.3 Å². The molecule has 0 aliphatic heterocycles. The number of aromatic nitrogens is 2. The zero-order valence-electron chi connectivity index (χ0n) is 18.7. The maximum Gasteiger partial charge on any atom is 0.255 e. The molecule has 0 spiro atoms. The first-order valence-electron chi connectivity index (χ1n) is 11.2. The zero-order valence-corrected chi connectivity index (χ0v) is 19.5. The molecule has 5 nitrogen and oxygen atoms in total. The molecule has 0 saturated carbocycles. The molecule has 33 heavy (non-hydrogen) atoms. The van der Waals surface area contributed by atoms with Crippen molar-refractivity contribution in [3.8, 4) is 27.6 Å². The lowest BCUT2D eigenvalue weighted by Crippen LogP contribution is -2.11. The van der Waals surface area contributed by atoms with Gasteiger partial charge in [-0.1, -0.05) is 38.3 Å². The van der Waals surface area contributed by atoms with Crippen molar-refractivity contribution in [3.05, 3.63) is 84.0 Å². The van der Waals surface area contributed by atoms with E-state index in [0.29, 0.717) is 12.2 Å². The van der Waals surface area contributed by atoms with E-state index in [-0.39, 0.29) is 5.91 Å². The minimum atomic E-state index is -0.157. The van der Waals surface area contributed by atoms with Crippen molar-refractivity contribution < 1.29 is 9.53 Å². The predicted octanol–water partition coefficient (Wildman–Crippen LogP) is 7.08. The Morgan fingerprint density at radius 1 is 1.00 bits per heavy atom. The van der Waals surface area contributed by atoms with Gasteiger partial charge >= 0.3 is 0 Å². The zero-order chi connectivity index (χ0) is 22.9. The molecule has 0 aliphatic carbocycles. The number of nitrogens with zero attached hydrogens (tertiary/aromatic N) is 2. The van der Waals surface area contributed by atoms with Gasteiger partial charge in [0.15, 0.2) is 0 Å². The molecular weight excluding hydrogens is 430 g/mol. The standard InChI is InChI=1S/C27H27N3O2S/c1-2-3-4-5-16-32-24-13-11-20(12-14-24)26(31)29-23-10-6-8-21(17-23)25-19-33-27(30-25)22-9-7-15-28-18-22/h6-15,17-19H,2-5,16H2,1H3,(H,29,31). The van der Waals surface area contributed by atoms with Gasteiger partial charge in [0.2, 0.25) is 0 Å². The Labute approximate surface area is 198 Å². The third kappa shape index (κ3) is 6.26. The molecule has 2 aromatic heterocycles. The van der Waals surface area contributed by atoms with Crippen molar-refractivity contribution in [2.24, 2.45) is 0 Å². The maximum atomic E-state index is 12.7. The van der Waals surface area contributed by atoms with E-state index in [1.54, 1.807) is 29.7 Å². The molecule has 0 bridgehead atoms. The molecule has 1 amide bonds. The Balaban J connectivity index is 1.37. The summed E-state index contributed by atoms with van der Waals surface area (Å²) in [5.74, 6) is 0.633. The quantitative estimate of drug-likeness (QED) is 0.258. The van der Waals surface area contributed by atoms with Crippen LogP contribution in [0.2, 0.25) is 0 Å². The highest BCUT2D eigenvalue weighted by atomic mass is 32.1. The van der Waals surface area contributed by atoms with E-state index in [4.69, 9.17) is 9.72 Å². The summed E-state index contributed by atoms with van der Waals surface area (Å²) in [5.41, 5.74) is 4.13. The van der Waals surface area contributed by atoms with Crippen LogP contribution in [-0.2, 0) is 0 Å². The van der Waals surface area contributed by atoms with Crippen molar-refractivity contribution in [3.63, 3.8) is 0 Å². The van der Waals surface area contributed by atoms with Crippen LogP contribution in [0.1, 0.15) is 43.0 Å². The van der Waals surface area contributed by atoms with Gasteiger partial charge in [0, 0.05) is 40.2 Å². The number of hydrogen-bond donors (Lipinski definition) is 1. The van der Waals surface area contributed by atoms with Crippen LogP contribution < -0.4 is 10.1 Å². The Hall–Kier alpha value is -3.51. The van der Waals surface area contributed by atoms with Crippen molar-refractivity contribution >= 4 is 22.9 Å². The molecule has 0 saturated heterocycles. The average molecular weight is 458 g/mol. The number of rotatable bonds is 10. The largest absolute Gasteiger partial charge is 0.494 e. The Kier molecular flexibility index (Phi) is 7.82. The van der Waals surface area contributed by atoms with Crippen LogP contribution in [0.25, 0.3) is 21.8 Å². The molecule has 168 valence electrons. The number of unbranched alkanes of at least 4 members (excludes halogenated alkanes) is 3. The lowest BCUT2D eigenvalue weighted by Gasteiger charge is -2.09. The van der Waals surface area contributed by atoms with Gasteiger partial charge in [0.1, 0.15) is 10.8 Å². The van der Waals surface area contributed by atoms with Crippen molar-refractivity contribution in [1.82, 2.24) is 9.97 Å². The van der Waals surface area contributed by atoms with Crippen LogP contribution in [0.5, 0.6) is 5.75 Å². The highest BCUT2D eigenvalue weighted by Gasteiger charge is 2.10. The minimum absolute atomic E-state index is 0.157. The lowest BCUT2D eigenvalue weighted by molar-refractivity contribution is 0.102. The fourth-order valence-corrected chi connectivity index (χ4v) is 4.23. The number of carbonyl (C=O) groups is 1. The normalized spacial score (nSPS) is 10.7. The number of anilines is 1. The van der Waals surface area contributed by atoms with Gasteiger partial charge in [0.25, 0.3) is 5.91 Å². The second-order valence-electron chi connectivity index (χ2n) is 7.75. The van der Waals surface area contributed by atoms with E-state index < -0.39 is 0 Å². The molecule has 4 rings (SSSR count). The number of benzene rings is 2. The molecule has 0 aliphatic rings. The summed E-state index contributed by atoms with van der Waals surface area (Å²) in [6.07, 6.45) is 8.24. The van der Waals surface area contributed by atoms with Crippen molar-refractivity contribution in [2.75, 3.05) is 11.9 Å². The summed E-state index contributed by atoms with van der Waals surface area (Å²) in [6, 6.07) is 18.9. The van der Waals surface area contributed by atoms with Gasteiger partial charge in [-0.3, -0.25) is 9.78 Å². The van der Waals surface area contributed by atoms with Crippen LogP contribution >= 0.6 is 11.3 Å². The molecule has 1 N–H and O–H groups in total. The fraction of sp³-hybridized carbons (Fsp3) is 0.222. The second kappa shape index (κ2) is 11.4. The summed E-state index contributed by atoms with van der Waals surface area (Å²) < 4.78 is 5.76. The van der Waals surface area contributed by atoms with E-state index in [9.17, 15) is 4.79 Å². The number of nitrogens with one attached hydrogen (secondary N) is 1. The lowest BCUT2D eigenvalue weighted by atomic mass is 10.1. The Bertz CT molecular complexity index is 1170. The summed E-state index contributed by atoms with van der Waals surface area (Å²) >= 11 is 1.57. The number of amides is 1. The second-order valence-corrected chi connectivity index (χ2v) is 8.61. The molecule has 0 atom stereocenters. The van der Waals surface area contributed by atoms with E-state index in [2.05, 4.69) is 17.2 Å². The van der Waals surface area contributed by atoms with Crippen LogP contribution in [-0.4, -0.2) is 22.5 Å². The summed E-state index contributed by atoms with van der Waals surface area (Å²) in [4.78, 5) is 21.6. The highest BCUT2D eigenvalue weighted by molar-refractivity contribution is 7.13. The van der Waals surface area contributed by atoms with Crippen LogP contribution in [0.3, 0.4) is 0 Å². The number of ether oxygens (including phenoxy) is 1. The summed E-state index contributed by atoms with van der Waals surface area (Å²) in [5, 5.41) is 5.91. The number of hydrogen-bond acceptors (Lipinski definition) is 5. The van der Waals surface area contributed by atoms with Crippen LogP contribution in [0.4, 0.5) is 5.69 Å². The molecule has 0 unspecified atom stereocenters. The third-order valence-corrected chi connectivity index (χ3v) is 6.10. The van der Waals surface area contributed by atoms with Gasteiger partial charge < -0.3 is 10.1 Å². The van der Waals surface area contributed by atoms with E-state index >= 15 is 0 Å². The Morgan fingerprint density at radius 2 is 1.85 bits per heavy atom. The van der Waals surface area contributed by atoms with Crippen LogP contribution in [0.15, 0.2) is 78.4 Å². The first kappa shape index (κ1) is 22.7. The molecule has 0 radical (unpaired) electrons. The average Bonchev–Trinajstić information content (AvgIpc) is 3.36. The highest BCUT2D eigenvalue weighted by Crippen LogP contribution is 2.29. The molecule has 0 fully saturated rings. The van der Waals surface area contributed by atoms with Gasteiger partial charge in [-0.15, -0.1) is 11.3 Å². The molecular formula is C27H27N3O2S. The van der Waals surface area contributed by atoms with Gasteiger partial charge in [-0.05, 0) is 55.0 Å². The predicted molar refractivity (Wildman–Crippen MR) is 135 cm³/mol. The first-order chi connectivity index (χ1) is 16.2. The monoisotopic (exact) mass is 457 g/mol. The third-order valence-electron chi connectivity index (χ3n) is 5.21. The van der Waals surface area contributed by atoms with Gasteiger partial charge in [-0.2, -0.15) is 0 Å². The first-order valence-corrected chi connectivity index (χ1v) is 12.1. The van der Waals surface area contributed by atoms with Crippen LogP contribution in [0, 0.1) is 0 Å². The van der Waals surface area contributed by atoms with E-state index in [1.807, 2.05) is 60.1 Å². The molecule has 6 heteroatoms. The summed E-state index contributed by atoms with van der Waals surface area (Å²) in [7, 11) is 0. The number of pyridine rings is 1. The van der Waals surface area contributed by atoms with E-state index in [0.717, 1.165) is 39.7 Å². The van der Waals surface area contributed by atoms with Crippen molar-refractivity contribution in [1.29, 1.82) is 0 Å². The van der Waals surface area contributed by atoms with Gasteiger partial charge in [-0.25, -0.2) is 4.98 Å². The maximum absolute atomic E-state index is 12.7.